The molecular weight excluding hydrogens is 523 g/mol. The van der Waals surface area contributed by atoms with Gasteiger partial charge in [-0.15, -0.1) is 24.0 Å². The molecule has 1 heterocycles. The number of nitrogens with zero attached hydrogens (tertiary/aromatic N) is 2. The van der Waals surface area contributed by atoms with Crippen LogP contribution in [0.5, 0.6) is 11.5 Å². The van der Waals surface area contributed by atoms with Crippen molar-refractivity contribution in [2.75, 3.05) is 60.2 Å². The minimum Gasteiger partial charge on any atom is -0.493 e. The van der Waals surface area contributed by atoms with Crippen LogP contribution in [-0.4, -0.2) is 81.7 Å². The van der Waals surface area contributed by atoms with Crippen molar-refractivity contribution in [1.29, 1.82) is 0 Å². The minimum absolute atomic E-state index is 0. The van der Waals surface area contributed by atoms with Crippen LogP contribution in [-0.2, 0) is 4.74 Å². The van der Waals surface area contributed by atoms with E-state index in [0.29, 0.717) is 13.1 Å². The Balaban J connectivity index is 0.00000363. The van der Waals surface area contributed by atoms with E-state index < -0.39 is 5.60 Å². The van der Waals surface area contributed by atoms with E-state index in [0.717, 1.165) is 81.6 Å². The van der Waals surface area contributed by atoms with Gasteiger partial charge in [-0.05, 0) is 37.5 Å². The van der Waals surface area contributed by atoms with Gasteiger partial charge in [0.1, 0.15) is 0 Å². The van der Waals surface area contributed by atoms with Crippen LogP contribution in [0.15, 0.2) is 23.2 Å². The average molecular weight is 562 g/mol. The third-order valence-corrected chi connectivity index (χ3v) is 6.15. The first-order chi connectivity index (χ1) is 15.1. The van der Waals surface area contributed by atoms with E-state index in [-0.39, 0.29) is 30.0 Å². The Kier molecular flexibility index (Phi) is 11.3. The lowest BCUT2D eigenvalue weighted by Crippen LogP contribution is -2.46. The van der Waals surface area contributed by atoms with Crippen molar-refractivity contribution in [3.8, 4) is 11.5 Å². The molecule has 1 unspecified atom stereocenters. The summed E-state index contributed by atoms with van der Waals surface area (Å²) in [6, 6.07) is 6.22. The van der Waals surface area contributed by atoms with Gasteiger partial charge in [-0.1, -0.05) is 18.9 Å². The second kappa shape index (κ2) is 13.4. The first-order valence-electron chi connectivity index (χ1n) is 11.4. The van der Waals surface area contributed by atoms with E-state index in [2.05, 4.69) is 28.5 Å². The second-order valence-corrected chi connectivity index (χ2v) is 8.29. The van der Waals surface area contributed by atoms with Crippen LogP contribution in [0.4, 0.5) is 0 Å². The van der Waals surface area contributed by atoms with Crippen LogP contribution >= 0.6 is 24.0 Å². The number of hydrogen-bond acceptors (Lipinski definition) is 6. The zero-order valence-corrected chi connectivity index (χ0v) is 21.9. The van der Waals surface area contributed by atoms with Crippen molar-refractivity contribution in [2.24, 2.45) is 4.99 Å². The van der Waals surface area contributed by atoms with Gasteiger partial charge in [-0.25, -0.2) is 0 Å². The molecule has 2 fully saturated rings. The van der Waals surface area contributed by atoms with Crippen LogP contribution in [0, 0.1) is 0 Å². The van der Waals surface area contributed by atoms with Crippen molar-refractivity contribution in [2.45, 2.75) is 44.2 Å². The van der Waals surface area contributed by atoms with Crippen molar-refractivity contribution >= 4 is 29.9 Å². The molecule has 8 nitrogen and oxygen atoms in total. The summed E-state index contributed by atoms with van der Waals surface area (Å²) in [4.78, 5) is 7.12. The maximum Gasteiger partial charge on any atom is 0.191 e. The summed E-state index contributed by atoms with van der Waals surface area (Å²) in [5.41, 5.74) is 0.493. The fourth-order valence-corrected chi connectivity index (χ4v) is 4.36. The third-order valence-electron chi connectivity index (χ3n) is 6.15. The number of guanidine groups is 1. The maximum atomic E-state index is 10.7. The van der Waals surface area contributed by atoms with Crippen molar-refractivity contribution in [1.82, 2.24) is 15.5 Å². The predicted octanol–water partition coefficient (Wildman–Crippen LogP) is 2.56. The summed E-state index contributed by atoms with van der Waals surface area (Å²) in [6.45, 7) is 7.12. The number of nitrogens with one attached hydrogen (secondary N) is 2. The molecule has 0 aromatic heterocycles. The van der Waals surface area contributed by atoms with E-state index in [1.807, 2.05) is 12.1 Å². The van der Waals surface area contributed by atoms with E-state index in [1.165, 1.54) is 0 Å². The lowest BCUT2D eigenvalue weighted by Gasteiger charge is -2.35. The average Bonchev–Trinajstić information content (AvgIpc) is 3.24. The molecule has 0 spiro atoms. The molecule has 1 aromatic rings. The maximum absolute atomic E-state index is 10.7. The molecule has 3 rings (SSSR count). The summed E-state index contributed by atoms with van der Waals surface area (Å²) >= 11 is 0. The first kappa shape index (κ1) is 26.9. The molecule has 2 aliphatic rings. The molecule has 182 valence electrons. The largest absolute Gasteiger partial charge is 0.493 e. The highest BCUT2D eigenvalue weighted by Gasteiger charge is 2.31. The summed E-state index contributed by atoms with van der Waals surface area (Å²) < 4.78 is 16.5. The van der Waals surface area contributed by atoms with Crippen LogP contribution in [0.1, 0.15) is 44.2 Å². The molecule has 0 radical (unpaired) electrons. The molecule has 1 aliphatic heterocycles. The van der Waals surface area contributed by atoms with E-state index in [9.17, 15) is 5.11 Å². The fourth-order valence-electron chi connectivity index (χ4n) is 4.36. The van der Waals surface area contributed by atoms with Gasteiger partial charge in [-0.3, -0.25) is 9.89 Å². The van der Waals surface area contributed by atoms with E-state index in [1.54, 1.807) is 14.2 Å². The Morgan fingerprint density at radius 3 is 2.47 bits per heavy atom. The third kappa shape index (κ3) is 7.36. The van der Waals surface area contributed by atoms with Crippen molar-refractivity contribution in [3.05, 3.63) is 23.8 Å². The molecule has 3 N–H and O–H groups in total. The molecule has 1 saturated heterocycles. The first-order valence-corrected chi connectivity index (χ1v) is 11.4. The van der Waals surface area contributed by atoms with Crippen LogP contribution in [0.2, 0.25) is 0 Å². The number of rotatable bonds is 9. The van der Waals surface area contributed by atoms with Gasteiger partial charge < -0.3 is 30.0 Å². The fraction of sp³-hybridized carbons (Fsp3) is 0.696. The topological polar surface area (TPSA) is 87.6 Å². The number of benzene rings is 1. The number of methoxy groups -OCH3 is 2. The van der Waals surface area contributed by atoms with E-state index >= 15 is 0 Å². The van der Waals surface area contributed by atoms with Gasteiger partial charge in [0.05, 0.1) is 45.6 Å². The zero-order valence-electron chi connectivity index (χ0n) is 19.6. The Morgan fingerprint density at radius 1 is 1.16 bits per heavy atom. The standard InChI is InChI=1S/C23H38N4O4.HI/c1-4-24-22(26-17-23(28)9-5-6-10-23)25-16-19(27-11-13-31-14-12-27)18-7-8-20(29-2)21(15-18)30-3;/h7-8,15,19,28H,4-6,9-14,16-17H2,1-3H3,(H2,24,25,26);1H. The van der Waals surface area contributed by atoms with Crippen molar-refractivity contribution < 1.29 is 19.3 Å². The number of aliphatic hydroxyl groups is 1. The normalized spacial score (nSPS) is 19.7. The summed E-state index contributed by atoms with van der Waals surface area (Å²) in [5.74, 6) is 2.18. The Bertz CT molecular complexity index is 722. The van der Waals surface area contributed by atoms with Gasteiger partial charge in [-0.2, -0.15) is 0 Å². The lowest BCUT2D eigenvalue weighted by molar-refractivity contribution is 0.0169. The van der Waals surface area contributed by atoms with Crippen LogP contribution in [0.3, 0.4) is 0 Å². The predicted molar refractivity (Wildman–Crippen MR) is 137 cm³/mol. The number of halogens is 1. The molecule has 1 aromatic carbocycles. The molecule has 9 heteroatoms. The minimum atomic E-state index is -0.657. The molecule has 1 saturated carbocycles. The van der Waals surface area contributed by atoms with Gasteiger partial charge in [0, 0.05) is 26.2 Å². The summed E-state index contributed by atoms with van der Waals surface area (Å²) in [6.07, 6.45) is 3.82. The molecule has 32 heavy (non-hydrogen) atoms. The molecule has 1 aliphatic carbocycles. The smallest absolute Gasteiger partial charge is 0.191 e. The van der Waals surface area contributed by atoms with Crippen LogP contribution < -0.4 is 20.1 Å². The van der Waals surface area contributed by atoms with Crippen LogP contribution in [0.25, 0.3) is 0 Å². The highest BCUT2D eigenvalue weighted by Crippen LogP contribution is 2.32. The molecule has 1 atom stereocenters. The van der Waals surface area contributed by atoms with Gasteiger partial charge in [0.15, 0.2) is 17.5 Å². The quantitative estimate of drug-likeness (QED) is 0.242. The monoisotopic (exact) mass is 562 g/mol. The van der Waals surface area contributed by atoms with Gasteiger partial charge >= 0.3 is 0 Å². The Hall–Kier alpha value is -1.30. The highest BCUT2D eigenvalue weighted by molar-refractivity contribution is 14.0. The number of aliphatic imine (C=N–C) groups is 1. The van der Waals surface area contributed by atoms with Gasteiger partial charge in [0.2, 0.25) is 0 Å². The Labute approximate surface area is 209 Å². The Morgan fingerprint density at radius 2 is 1.84 bits per heavy atom. The number of morpholine rings is 1. The number of ether oxygens (including phenoxy) is 3. The number of hydrogen-bond donors (Lipinski definition) is 3. The second-order valence-electron chi connectivity index (χ2n) is 8.29. The lowest BCUT2D eigenvalue weighted by atomic mass is 10.0. The molecule has 0 amide bonds. The van der Waals surface area contributed by atoms with E-state index in [4.69, 9.17) is 19.2 Å². The molecule has 0 bridgehead atoms. The summed E-state index contributed by atoms with van der Waals surface area (Å²) in [5, 5.41) is 17.5. The molecular formula is C23H39IN4O4. The SMILES string of the molecule is CCNC(=NCC1(O)CCCC1)NCC(c1ccc(OC)c(OC)c1)N1CCOCC1.I. The summed E-state index contributed by atoms with van der Waals surface area (Å²) in [7, 11) is 3.31. The van der Waals surface area contributed by atoms with Crippen molar-refractivity contribution in [3.63, 3.8) is 0 Å². The van der Waals surface area contributed by atoms with Gasteiger partial charge in [0.25, 0.3) is 0 Å². The highest BCUT2D eigenvalue weighted by atomic mass is 127. The zero-order chi connectivity index (χ0) is 22.1.